The van der Waals surface area contributed by atoms with Crippen LogP contribution >= 0.6 is 11.6 Å². The van der Waals surface area contributed by atoms with Crippen LogP contribution in [0.4, 0.5) is 0 Å². The molecule has 0 aliphatic heterocycles. The molecule has 0 radical (unpaired) electrons. The molecule has 0 aromatic heterocycles. The van der Waals surface area contributed by atoms with Crippen molar-refractivity contribution in [1.29, 1.82) is 0 Å². The van der Waals surface area contributed by atoms with Crippen LogP contribution < -0.4 is 5.32 Å². The number of carboxylic acids is 1. The van der Waals surface area contributed by atoms with E-state index < -0.39 is 23.5 Å². The average molecular weight is 326 g/mol. The largest absolute Gasteiger partial charge is 0.481 e. The van der Waals surface area contributed by atoms with E-state index in [0.29, 0.717) is 23.4 Å². The fourth-order valence-corrected chi connectivity index (χ4v) is 3.27. The molecular formula is C16H20ClNO4. The number of benzene rings is 1. The number of aliphatic carboxylic acids is 1. The Balaban J connectivity index is 2.14. The third-order valence-corrected chi connectivity index (χ3v) is 4.48. The molecule has 1 fully saturated rings. The highest BCUT2D eigenvalue weighted by Gasteiger charge is 2.37. The summed E-state index contributed by atoms with van der Waals surface area (Å²) in [6.07, 6.45) is 2.46. The van der Waals surface area contributed by atoms with Gasteiger partial charge in [0.2, 0.25) is 0 Å². The molecule has 1 atom stereocenters. The van der Waals surface area contributed by atoms with Gasteiger partial charge < -0.3 is 15.5 Å². The van der Waals surface area contributed by atoms with Crippen molar-refractivity contribution in [3.05, 3.63) is 34.9 Å². The Morgan fingerprint density at radius 1 is 1.23 bits per heavy atom. The van der Waals surface area contributed by atoms with Gasteiger partial charge >= 0.3 is 5.97 Å². The summed E-state index contributed by atoms with van der Waals surface area (Å²) in [5, 5.41) is 22.4. The second-order valence-corrected chi connectivity index (χ2v) is 6.23. The van der Waals surface area contributed by atoms with Crippen LogP contribution in [0.3, 0.4) is 0 Å². The van der Waals surface area contributed by atoms with E-state index in [1.165, 1.54) is 0 Å². The number of aliphatic hydroxyl groups excluding tert-OH is 1. The predicted octanol–water partition coefficient (Wildman–Crippen LogP) is 2.67. The summed E-state index contributed by atoms with van der Waals surface area (Å²) in [4.78, 5) is 23.5. The molecule has 120 valence electrons. The molecule has 1 aliphatic rings. The summed E-state index contributed by atoms with van der Waals surface area (Å²) in [5.41, 5.74) is -0.452. The van der Waals surface area contributed by atoms with E-state index in [0.717, 1.165) is 19.3 Å². The van der Waals surface area contributed by atoms with Gasteiger partial charge in [-0.05, 0) is 18.9 Å². The van der Waals surface area contributed by atoms with E-state index in [4.69, 9.17) is 16.7 Å². The number of hydrogen-bond acceptors (Lipinski definition) is 3. The predicted molar refractivity (Wildman–Crippen MR) is 82.6 cm³/mol. The van der Waals surface area contributed by atoms with E-state index in [-0.39, 0.29) is 6.42 Å². The number of nitrogens with one attached hydrogen (secondary N) is 1. The minimum Gasteiger partial charge on any atom is -0.481 e. The second kappa shape index (κ2) is 7.11. The molecule has 0 unspecified atom stereocenters. The first-order valence-electron chi connectivity index (χ1n) is 7.40. The molecule has 2 rings (SSSR count). The highest BCUT2D eigenvalue weighted by atomic mass is 35.5. The van der Waals surface area contributed by atoms with Crippen LogP contribution in [0, 0.1) is 0 Å². The van der Waals surface area contributed by atoms with E-state index in [1.54, 1.807) is 24.3 Å². The van der Waals surface area contributed by atoms with Gasteiger partial charge in [0.25, 0.3) is 5.91 Å². The second-order valence-electron chi connectivity index (χ2n) is 5.82. The van der Waals surface area contributed by atoms with Gasteiger partial charge in [0.05, 0.1) is 12.0 Å². The number of carbonyl (C=O) groups excluding carboxylic acids is 1. The van der Waals surface area contributed by atoms with Crippen molar-refractivity contribution in [1.82, 2.24) is 5.32 Å². The number of amides is 1. The topological polar surface area (TPSA) is 86.6 Å². The molecule has 22 heavy (non-hydrogen) atoms. The minimum absolute atomic E-state index is 0.131. The van der Waals surface area contributed by atoms with E-state index in [1.807, 2.05) is 0 Å². The molecule has 5 nitrogen and oxygen atoms in total. The molecule has 0 saturated heterocycles. The first kappa shape index (κ1) is 16.8. The maximum Gasteiger partial charge on any atom is 0.305 e. The van der Waals surface area contributed by atoms with E-state index in [9.17, 15) is 14.7 Å². The van der Waals surface area contributed by atoms with Crippen LogP contribution in [-0.2, 0) is 9.59 Å². The van der Waals surface area contributed by atoms with Gasteiger partial charge in [-0.15, -0.1) is 0 Å². The summed E-state index contributed by atoms with van der Waals surface area (Å²) in [7, 11) is 0. The Morgan fingerprint density at radius 2 is 1.86 bits per heavy atom. The lowest BCUT2D eigenvalue weighted by Gasteiger charge is -2.37. The van der Waals surface area contributed by atoms with Crippen LogP contribution in [0.25, 0.3) is 0 Å². The summed E-state index contributed by atoms with van der Waals surface area (Å²) in [6.45, 7) is 0. The maximum atomic E-state index is 12.3. The molecule has 1 saturated carbocycles. The van der Waals surface area contributed by atoms with Gasteiger partial charge in [-0.3, -0.25) is 9.59 Å². The zero-order chi connectivity index (χ0) is 16.2. The van der Waals surface area contributed by atoms with Crippen LogP contribution in [0.5, 0.6) is 0 Å². The van der Waals surface area contributed by atoms with Crippen LogP contribution in [0.2, 0.25) is 5.02 Å². The molecule has 1 aliphatic carbocycles. The zero-order valence-corrected chi connectivity index (χ0v) is 13.0. The smallest absolute Gasteiger partial charge is 0.305 e. The van der Waals surface area contributed by atoms with Crippen LogP contribution in [0.1, 0.15) is 50.2 Å². The Morgan fingerprint density at radius 3 is 2.45 bits per heavy atom. The van der Waals surface area contributed by atoms with Gasteiger partial charge in [0, 0.05) is 10.6 Å². The number of rotatable bonds is 5. The molecule has 6 heteroatoms. The van der Waals surface area contributed by atoms with Crippen molar-refractivity contribution >= 4 is 23.5 Å². The van der Waals surface area contributed by atoms with Gasteiger partial charge in [0.1, 0.15) is 0 Å². The van der Waals surface area contributed by atoms with Crippen molar-refractivity contribution in [3.8, 4) is 0 Å². The van der Waals surface area contributed by atoms with Crippen molar-refractivity contribution in [2.45, 2.75) is 50.2 Å². The SMILES string of the molecule is O=C(O)CC1(NC(=O)[C@H](O)c2ccccc2Cl)CCCCC1. The Kier molecular flexibility index (Phi) is 5.42. The Bertz CT molecular complexity index is 555. The molecule has 0 bridgehead atoms. The molecule has 1 amide bonds. The summed E-state index contributed by atoms with van der Waals surface area (Å²) >= 11 is 5.99. The number of aliphatic hydroxyl groups is 1. The maximum absolute atomic E-state index is 12.3. The lowest BCUT2D eigenvalue weighted by Crippen LogP contribution is -2.52. The normalized spacial score (nSPS) is 18.5. The summed E-state index contributed by atoms with van der Waals surface area (Å²) in [6, 6.07) is 6.58. The average Bonchev–Trinajstić information content (AvgIpc) is 2.47. The zero-order valence-electron chi connectivity index (χ0n) is 12.2. The molecule has 1 aromatic carbocycles. The minimum atomic E-state index is -1.40. The first-order valence-corrected chi connectivity index (χ1v) is 7.78. The monoisotopic (exact) mass is 325 g/mol. The quantitative estimate of drug-likeness (QED) is 0.776. The van der Waals surface area contributed by atoms with E-state index in [2.05, 4.69) is 5.32 Å². The van der Waals surface area contributed by atoms with Crippen LogP contribution in [-0.4, -0.2) is 27.6 Å². The summed E-state index contributed by atoms with van der Waals surface area (Å²) < 4.78 is 0. The van der Waals surface area contributed by atoms with Crippen molar-refractivity contribution in [2.75, 3.05) is 0 Å². The number of carboxylic acid groups (broad SMARTS) is 1. The number of hydrogen-bond donors (Lipinski definition) is 3. The lowest BCUT2D eigenvalue weighted by molar-refractivity contribution is -0.140. The Hall–Kier alpha value is -1.59. The Labute approximate surface area is 134 Å². The van der Waals surface area contributed by atoms with Gasteiger partial charge in [0.15, 0.2) is 6.10 Å². The van der Waals surface area contributed by atoms with Gasteiger partial charge in [-0.1, -0.05) is 49.1 Å². The molecule has 1 aromatic rings. The third kappa shape index (κ3) is 3.99. The first-order chi connectivity index (χ1) is 10.4. The van der Waals surface area contributed by atoms with E-state index >= 15 is 0 Å². The molecule has 3 N–H and O–H groups in total. The number of carbonyl (C=O) groups is 2. The molecule has 0 spiro atoms. The van der Waals surface area contributed by atoms with Crippen molar-refractivity contribution in [3.63, 3.8) is 0 Å². The van der Waals surface area contributed by atoms with Crippen molar-refractivity contribution < 1.29 is 19.8 Å². The van der Waals surface area contributed by atoms with Gasteiger partial charge in [-0.25, -0.2) is 0 Å². The standard InChI is InChI=1S/C16H20ClNO4/c17-12-7-3-2-6-11(12)14(21)15(22)18-16(10-13(19)20)8-4-1-5-9-16/h2-3,6-7,14,21H,1,4-5,8-10H2,(H,18,22)(H,19,20)/t14-/m1/s1. The van der Waals surface area contributed by atoms with Gasteiger partial charge in [-0.2, -0.15) is 0 Å². The van der Waals surface area contributed by atoms with Crippen molar-refractivity contribution in [2.24, 2.45) is 0 Å². The fourth-order valence-electron chi connectivity index (χ4n) is 3.03. The molecular weight excluding hydrogens is 306 g/mol. The summed E-state index contributed by atoms with van der Waals surface area (Å²) in [5.74, 6) is -1.55. The fraction of sp³-hybridized carbons (Fsp3) is 0.500. The third-order valence-electron chi connectivity index (χ3n) is 4.14. The lowest BCUT2D eigenvalue weighted by atomic mass is 9.79. The van der Waals surface area contributed by atoms with Crippen LogP contribution in [0.15, 0.2) is 24.3 Å². The number of halogens is 1. The highest BCUT2D eigenvalue weighted by molar-refractivity contribution is 6.31. The highest BCUT2D eigenvalue weighted by Crippen LogP contribution is 2.32. The molecule has 0 heterocycles.